The first-order chi connectivity index (χ1) is 9.71. The molecule has 0 aliphatic heterocycles. The zero-order chi connectivity index (χ0) is 14.4. The first-order valence-electron chi connectivity index (χ1n) is 6.21. The van der Waals surface area contributed by atoms with Gasteiger partial charge in [-0.1, -0.05) is 6.92 Å². The number of nitrogens with zero attached hydrogens (tertiary/aromatic N) is 5. The molecule has 7 nitrogen and oxygen atoms in total. The molecule has 2 rings (SSSR count). The third-order valence-corrected chi connectivity index (χ3v) is 3.01. The molecule has 0 aromatic carbocycles. The predicted molar refractivity (Wildman–Crippen MR) is 76.1 cm³/mol. The molecule has 0 saturated heterocycles. The fourth-order valence-corrected chi connectivity index (χ4v) is 1.94. The van der Waals surface area contributed by atoms with Crippen LogP contribution in [0, 0.1) is 6.92 Å². The monoisotopic (exact) mass is 292 g/mol. The smallest absolute Gasteiger partial charge is 0.321 e. The minimum Gasteiger partial charge on any atom is -0.467 e. The van der Waals surface area contributed by atoms with Crippen LogP contribution in [-0.2, 0) is 0 Å². The van der Waals surface area contributed by atoms with E-state index in [2.05, 4.69) is 37.2 Å². The van der Waals surface area contributed by atoms with E-state index < -0.39 is 0 Å². The molecule has 106 valence electrons. The van der Waals surface area contributed by atoms with Gasteiger partial charge in [-0.15, -0.1) is 0 Å². The largest absolute Gasteiger partial charge is 0.467 e. The topological polar surface area (TPSA) is 85.7 Å². The summed E-state index contributed by atoms with van der Waals surface area (Å²) in [5, 5.41) is 4.20. The van der Waals surface area contributed by atoms with Gasteiger partial charge in [0.2, 0.25) is 11.1 Å². The van der Waals surface area contributed by atoms with Gasteiger partial charge in [0.25, 0.3) is 0 Å². The lowest BCUT2D eigenvalue weighted by molar-refractivity contribution is 0.373. The van der Waals surface area contributed by atoms with Gasteiger partial charge in [0.15, 0.2) is 5.16 Å². The molecule has 20 heavy (non-hydrogen) atoms. The van der Waals surface area contributed by atoms with E-state index in [9.17, 15) is 0 Å². The SMILES string of the molecule is CCCNc1nc(OC)nc(Sc2ncc(C)cn2)n1. The predicted octanol–water partition coefficient (Wildman–Crippen LogP) is 1.95. The summed E-state index contributed by atoms with van der Waals surface area (Å²) >= 11 is 1.27. The van der Waals surface area contributed by atoms with Crippen LogP contribution in [-0.4, -0.2) is 38.6 Å². The highest BCUT2D eigenvalue weighted by Gasteiger charge is 2.09. The Kier molecular flexibility index (Phi) is 5.05. The Bertz CT molecular complexity index is 562. The van der Waals surface area contributed by atoms with Crippen molar-refractivity contribution in [2.24, 2.45) is 0 Å². The zero-order valence-corrected chi connectivity index (χ0v) is 12.4. The van der Waals surface area contributed by atoms with E-state index in [1.54, 1.807) is 12.4 Å². The van der Waals surface area contributed by atoms with Crippen molar-refractivity contribution >= 4 is 17.7 Å². The van der Waals surface area contributed by atoms with Gasteiger partial charge in [0.05, 0.1) is 7.11 Å². The lowest BCUT2D eigenvalue weighted by atomic mass is 10.4. The molecule has 2 aromatic heterocycles. The third-order valence-electron chi connectivity index (χ3n) is 2.25. The molecular formula is C12H16N6OS. The Hall–Kier alpha value is -1.96. The maximum absolute atomic E-state index is 5.08. The number of hydrogen-bond donors (Lipinski definition) is 1. The van der Waals surface area contributed by atoms with Gasteiger partial charge in [0.1, 0.15) is 0 Å². The second-order valence-electron chi connectivity index (χ2n) is 4.00. The number of aryl methyl sites for hydroxylation is 1. The van der Waals surface area contributed by atoms with Crippen molar-refractivity contribution in [3.8, 4) is 6.01 Å². The van der Waals surface area contributed by atoms with Crippen LogP contribution in [0.5, 0.6) is 6.01 Å². The molecule has 0 radical (unpaired) electrons. The number of anilines is 1. The molecule has 0 amide bonds. The normalized spacial score (nSPS) is 10.3. The Balaban J connectivity index is 2.19. The van der Waals surface area contributed by atoms with Crippen LogP contribution >= 0.6 is 11.8 Å². The van der Waals surface area contributed by atoms with Crippen LogP contribution in [0.3, 0.4) is 0 Å². The highest BCUT2D eigenvalue weighted by atomic mass is 32.2. The van der Waals surface area contributed by atoms with Crippen LogP contribution in [0.15, 0.2) is 22.7 Å². The van der Waals surface area contributed by atoms with E-state index in [4.69, 9.17) is 4.74 Å². The summed E-state index contributed by atoms with van der Waals surface area (Å²) in [5.41, 5.74) is 1.01. The standard InChI is InChI=1S/C12H16N6OS/c1-4-5-13-9-16-10(19-3)18-12(17-9)20-11-14-6-8(2)7-15-11/h6-7H,4-5H2,1-3H3,(H,13,16,17,18). The van der Waals surface area contributed by atoms with E-state index in [0.717, 1.165) is 18.5 Å². The van der Waals surface area contributed by atoms with Crippen molar-refractivity contribution in [1.29, 1.82) is 0 Å². The molecule has 2 heterocycles. The van der Waals surface area contributed by atoms with Gasteiger partial charge in [-0.2, -0.15) is 15.0 Å². The van der Waals surface area contributed by atoms with Gasteiger partial charge in [0, 0.05) is 18.9 Å². The van der Waals surface area contributed by atoms with Crippen LogP contribution in [0.1, 0.15) is 18.9 Å². The fourth-order valence-electron chi connectivity index (χ4n) is 1.31. The number of nitrogens with one attached hydrogen (secondary N) is 1. The molecule has 1 N–H and O–H groups in total. The van der Waals surface area contributed by atoms with Gasteiger partial charge in [-0.3, -0.25) is 0 Å². The summed E-state index contributed by atoms with van der Waals surface area (Å²) < 4.78 is 5.08. The van der Waals surface area contributed by atoms with Crippen LogP contribution in [0.25, 0.3) is 0 Å². The summed E-state index contributed by atoms with van der Waals surface area (Å²) in [6.07, 6.45) is 4.49. The quantitative estimate of drug-likeness (QED) is 0.809. The zero-order valence-electron chi connectivity index (χ0n) is 11.6. The van der Waals surface area contributed by atoms with Crippen molar-refractivity contribution in [2.45, 2.75) is 30.6 Å². The van der Waals surface area contributed by atoms with Crippen molar-refractivity contribution in [3.05, 3.63) is 18.0 Å². The number of aromatic nitrogens is 5. The van der Waals surface area contributed by atoms with E-state index in [1.165, 1.54) is 18.9 Å². The highest BCUT2D eigenvalue weighted by Crippen LogP contribution is 2.22. The van der Waals surface area contributed by atoms with E-state index in [1.807, 2.05) is 6.92 Å². The van der Waals surface area contributed by atoms with Crippen molar-refractivity contribution in [2.75, 3.05) is 19.0 Å². The summed E-state index contributed by atoms with van der Waals surface area (Å²) in [6.45, 7) is 4.80. The maximum atomic E-state index is 5.08. The minimum absolute atomic E-state index is 0.271. The Morgan fingerprint density at radius 1 is 1.15 bits per heavy atom. The van der Waals surface area contributed by atoms with E-state index >= 15 is 0 Å². The number of methoxy groups -OCH3 is 1. The molecule has 2 aromatic rings. The molecule has 0 aliphatic carbocycles. The van der Waals surface area contributed by atoms with Crippen LogP contribution < -0.4 is 10.1 Å². The number of hydrogen-bond acceptors (Lipinski definition) is 8. The molecule has 0 aliphatic rings. The van der Waals surface area contributed by atoms with Gasteiger partial charge < -0.3 is 10.1 Å². The van der Waals surface area contributed by atoms with Gasteiger partial charge in [-0.25, -0.2) is 9.97 Å². The van der Waals surface area contributed by atoms with E-state index in [0.29, 0.717) is 16.3 Å². The minimum atomic E-state index is 0.271. The van der Waals surface area contributed by atoms with Gasteiger partial charge in [-0.05, 0) is 30.7 Å². The van der Waals surface area contributed by atoms with Crippen LogP contribution in [0.2, 0.25) is 0 Å². The fraction of sp³-hybridized carbons (Fsp3) is 0.417. The van der Waals surface area contributed by atoms with Gasteiger partial charge >= 0.3 is 6.01 Å². The molecule has 0 unspecified atom stereocenters. The van der Waals surface area contributed by atoms with Crippen molar-refractivity contribution in [3.63, 3.8) is 0 Å². The molecule has 0 saturated carbocycles. The lowest BCUT2D eigenvalue weighted by Crippen LogP contribution is -2.07. The second kappa shape index (κ2) is 6.99. The summed E-state index contributed by atoms with van der Waals surface area (Å²) in [6, 6.07) is 0.271. The highest BCUT2D eigenvalue weighted by molar-refractivity contribution is 7.99. The average Bonchev–Trinajstić information content (AvgIpc) is 2.47. The Morgan fingerprint density at radius 2 is 1.90 bits per heavy atom. The van der Waals surface area contributed by atoms with E-state index in [-0.39, 0.29) is 6.01 Å². The lowest BCUT2D eigenvalue weighted by Gasteiger charge is -2.06. The summed E-state index contributed by atoms with van der Waals surface area (Å²) in [7, 11) is 1.52. The maximum Gasteiger partial charge on any atom is 0.321 e. The number of rotatable bonds is 6. The molecule has 0 spiro atoms. The first-order valence-corrected chi connectivity index (χ1v) is 7.03. The van der Waals surface area contributed by atoms with Crippen molar-refractivity contribution < 1.29 is 4.74 Å². The number of ether oxygens (including phenoxy) is 1. The molecular weight excluding hydrogens is 276 g/mol. The molecule has 8 heteroatoms. The first kappa shape index (κ1) is 14.4. The summed E-state index contributed by atoms with van der Waals surface area (Å²) in [4.78, 5) is 21.0. The molecule has 0 bridgehead atoms. The Labute approximate surface area is 121 Å². The second-order valence-corrected chi connectivity index (χ2v) is 4.93. The van der Waals surface area contributed by atoms with Crippen LogP contribution in [0.4, 0.5) is 5.95 Å². The third kappa shape index (κ3) is 4.02. The molecule has 0 fully saturated rings. The average molecular weight is 292 g/mol. The summed E-state index contributed by atoms with van der Waals surface area (Å²) in [5.74, 6) is 0.494. The van der Waals surface area contributed by atoms with Crippen molar-refractivity contribution in [1.82, 2.24) is 24.9 Å². The Morgan fingerprint density at radius 3 is 2.55 bits per heavy atom. The molecule has 0 atom stereocenters.